The Morgan fingerprint density at radius 2 is 2.05 bits per heavy atom. The topological polar surface area (TPSA) is 55.4 Å². The maximum atomic E-state index is 12.5. The summed E-state index contributed by atoms with van der Waals surface area (Å²) >= 11 is 0. The second-order valence-electron chi connectivity index (χ2n) is 5.14. The lowest BCUT2D eigenvalue weighted by Crippen LogP contribution is -2.45. The number of rotatable bonds is 6. The van der Waals surface area contributed by atoms with Gasteiger partial charge >= 0.3 is 0 Å². The summed E-state index contributed by atoms with van der Waals surface area (Å²) in [5.74, 6) is 1.03. The molecule has 1 heterocycles. The number of fused-ring (bicyclic) bond motifs is 1. The van der Waals surface area contributed by atoms with E-state index < -0.39 is 15.1 Å². The number of para-hydroxylation sites is 1. The molecule has 2 rings (SSSR count). The molecule has 0 bridgehead atoms. The van der Waals surface area contributed by atoms with E-state index in [4.69, 9.17) is 4.74 Å². The van der Waals surface area contributed by atoms with Gasteiger partial charge in [-0.15, -0.1) is 0 Å². The highest BCUT2D eigenvalue weighted by molar-refractivity contribution is 7.92. The zero-order valence-corrected chi connectivity index (χ0v) is 12.9. The van der Waals surface area contributed by atoms with Crippen molar-refractivity contribution in [2.75, 3.05) is 18.9 Å². The molecule has 5 heteroatoms. The summed E-state index contributed by atoms with van der Waals surface area (Å²) in [5, 5.41) is 2.82. The van der Waals surface area contributed by atoms with E-state index >= 15 is 0 Å². The standard InChI is InChI=1S/C15H23NO3S/c1-3-5-10-20(17,18)14-11-19-13-9-7-6-8-12(13)15(14)16-4-2/h6-9,14-16H,3-5,10-11H2,1-2H3. The Balaban J connectivity index is 2.30. The lowest BCUT2D eigenvalue weighted by molar-refractivity contribution is 0.255. The van der Waals surface area contributed by atoms with Crippen molar-refractivity contribution in [3.8, 4) is 5.75 Å². The van der Waals surface area contributed by atoms with Gasteiger partial charge < -0.3 is 10.1 Å². The van der Waals surface area contributed by atoms with Crippen LogP contribution in [0.15, 0.2) is 24.3 Å². The number of nitrogens with one attached hydrogen (secondary N) is 1. The predicted octanol–water partition coefficient (Wildman–Crippen LogP) is 2.31. The molecule has 112 valence electrons. The molecule has 0 aliphatic carbocycles. The molecule has 2 unspecified atom stereocenters. The minimum Gasteiger partial charge on any atom is -0.492 e. The molecule has 1 aromatic rings. The molecule has 1 N–H and O–H groups in total. The Hall–Kier alpha value is -1.07. The first kappa shape index (κ1) is 15.3. The van der Waals surface area contributed by atoms with Crippen molar-refractivity contribution in [2.24, 2.45) is 0 Å². The van der Waals surface area contributed by atoms with E-state index in [-0.39, 0.29) is 18.4 Å². The van der Waals surface area contributed by atoms with Crippen molar-refractivity contribution < 1.29 is 13.2 Å². The third-order valence-corrected chi connectivity index (χ3v) is 5.89. The van der Waals surface area contributed by atoms with Crippen LogP contribution in [-0.2, 0) is 9.84 Å². The molecule has 0 saturated carbocycles. The largest absolute Gasteiger partial charge is 0.492 e. The molecule has 20 heavy (non-hydrogen) atoms. The molecule has 1 aliphatic heterocycles. The van der Waals surface area contributed by atoms with Crippen molar-refractivity contribution in [1.82, 2.24) is 5.32 Å². The van der Waals surface area contributed by atoms with Crippen molar-refractivity contribution in [3.05, 3.63) is 29.8 Å². The summed E-state index contributed by atoms with van der Waals surface area (Å²) < 4.78 is 30.7. The van der Waals surface area contributed by atoms with Gasteiger partial charge in [-0.2, -0.15) is 0 Å². The molecule has 0 spiro atoms. The molecule has 1 aliphatic rings. The third-order valence-electron chi connectivity index (χ3n) is 3.70. The Bertz CT molecular complexity index is 542. The first-order valence-electron chi connectivity index (χ1n) is 7.26. The Labute approximate surface area is 121 Å². The maximum Gasteiger partial charge on any atom is 0.158 e. The Morgan fingerprint density at radius 3 is 2.75 bits per heavy atom. The molecule has 0 fully saturated rings. The van der Waals surface area contributed by atoms with Gasteiger partial charge in [-0.1, -0.05) is 38.5 Å². The minimum atomic E-state index is -3.15. The fourth-order valence-corrected chi connectivity index (χ4v) is 4.53. The molecule has 1 aromatic carbocycles. The number of benzene rings is 1. The zero-order chi connectivity index (χ0) is 14.6. The molecular weight excluding hydrogens is 274 g/mol. The number of ether oxygens (including phenoxy) is 1. The van der Waals surface area contributed by atoms with Crippen molar-refractivity contribution in [1.29, 1.82) is 0 Å². The first-order valence-corrected chi connectivity index (χ1v) is 8.98. The predicted molar refractivity (Wildman–Crippen MR) is 80.8 cm³/mol. The number of hydrogen-bond acceptors (Lipinski definition) is 4. The SMILES string of the molecule is CCCCS(=O)(=O)C1COc2ccccc2C1NCC. The highest BCUT2D eigenvalue weighted by Gasteiger charge is 2.38. The average molecular weight is 297 g/mol. The summed E-state index contributed by atoms with van der Waals surface area (Å²) in [7, 11) is -3.15. The quantitative estimate of drug-likeness (QED) is 0.875. The van der Waals surface area contributed by atoms with Gasteiger partial charge in [0.1, 0.15) is 17.6 Å². The highest BCUT2D eigenvalue weighted by atomic mass is 32.2. The fourth-order valence-electron chi connectivity index (χ4n) is 2.61. The van der Waals surface area contributed by atoms with E-state index in [0.29, 0.717) is 6.42 Å². The maximum absolute atomic E-state index is 12.5. The van der Waals surface area contributed by atoms with Crippen molar-refractivity contribution >= 4 is 9.84 Å². The smallest absolute Gasteiger partial charge is 0.158 e. The van der Waals surface area contributed by atoms with Crippen LogP contribution in [0.25, 0.3) is 0 Å². The zero-order valence-electron chi connectivity index (χ0n) is 12.1. The average Bonchev–Trinajstić information content (AvgIpc) is 2.45. The summed E-state index contributed by atoms with van der Waals surface area (Å²) in [6, 6.07) is 7.51. The van der Waals surface area contributed by atoms with Crippen LogP contribution in [0.3, 0.4) is 0 Å². The second kappa shape index (κ2) is 6.59. The number of sulfone groups is 1. The summed E-state index contributed by atoms with van der Waals surface area (Å²) in [6.07, 6.45) is 1.59. The van der Waals surface area contributed by atoms with E-state index in [1.165, 1.54) is 0 Å². The molecule has 0 amide bonds. The minimum absolute atomic E-state index is 0.174. The van der Waals surface area contributed by atoms with Gasteiger partial charge in [-0.25, -0.2) is 8.42 Å². The summed E-state index contributed by atoms with van der Waals surface area (Å²) in [6.45, 7) is 4.97. The van der Waals surface area contributed by atoms with E-state index in [9.17, 15) is 8.42 Å². The van der Waals surface area contributed by atoms with Crippen LogP contribution in [0, 0.1) is 0 Å². The van der Waals surface area contributed by atoms with E-state index in [0.717, 1.165) is 24.3 Å². The van der Waals surface area contributed by atoms with Crippen LogP contribution < -0.4 is 10.1 Å². The fraction of sp³-hybridized carbons (Fsp3) is 0.600. The highest BCUT2D eigenvalue weighted by Crippen LogP contribution is 2.35. The molecule has 2 atom stereocenters. The van der Waals surface area contributed by atoms with Crippen LogP contribution in [0.4, 0.5) is 0 Å². The van der Waals surface area contributed by atoms with E-state index in [1.807, 2.05) is 38.1 Å². The van der Waals surface area contributed by atoms with E-state index in [2.05, 4.69) is 5.32 Å². The van der Waals surface area contributed by atoms with Crippen molar-refractivity contribution in [2.45, 2.75) is 38.0 Å². The number of hydrogen-bond donors (Lipinski definition) is 1. The lowest BCUT2D eigenvalue weighted by Gasteiger charge is -2.33. The van der Waals surface area contributed by atoms with Gasteiger partial charge in [-0.3, -0.25) is 0 Å². The molecular formula is C15H23NO3S. The molecule has 0 radical (unpaired) electrons. The second-order valence-corrected chi connectivity index (χ2v) is 7.48. The van der Waals surface area contributed by atoms with Gasteiger partial charge in [0, 0.05) is 5.56 Å². The third kappa shape index (κ3) is 3.15. The normalized spacial score (nSPS) is 22.1. The molecule has 4 nitrogen and oxygen atoms in total. The van der Waals surface area contributed by atoms with Crippen LogP contribution in [0.2, 0.25) is 0 Å². The van der Waals surface area contributed by atoms with Crippen LogP contribution in [-0.4, -0.2) is 32.6 Å². The Kier molecular flexibility index (Phi) is 5.05. The summed E-state index contributed by atoms with van der Waals surface area (Å²) in [4.78, 5) is 0. The summed E-state index contributed by atoms with van der Waals surface area (Å²) in [5.41, 5.74) is 0.950. The molecule has 0 saturated heterocycles. The van der Waals surface area contributed by atoms with Gasteiger partial charge in [0.25, 0.3) is 0 Å². The monoisotopic (exact) mass is 297 g/mol. The van der Waals surface area contributed by atoms with Gasteiger partial charge in [0.15, 0.2) is 9.84 Å². The van der Waals surface area contributed by atoms with E-state index in [1.54, 1.807) is 0 Å². The van der Waals surface area contributed by atoms with Gasteiger partial charge in [0.2, 0.25) is 0 Å². The van der Waals surface area contributed by atoms with Crippen molar-refractivity contribution in [3.63, 3.8) is 0 Å². The number of unbranched alkanes of at least 4 members (excludes halogenated alkanes) is 1. The first-order chi connectivity index (χ1) is 9.60. The van der Waals surface area contributed by atoms with Gasteiger partial charge in [0.05, 0.1) is 11.8 Å². The lowest BCUT2D eigenvalue weighted by atomic mass is 10.0. The van der Waals surface area contributed by atoms with Crippen LogP contribution in [0.5, 0.6) is 5.75 Å². The van der Waals surface area contributed by atoms with Gasteiger partial charge in [-0.05, 0) is 19.0 Å². The Morgan fingerprint density at radius 1 is 1.30 bits per heavy atom. The van der Waals surface area contributed by atoms with Crippen LogP contribution in [0.1, 0.15) is 38.3 Å². The van der Waals surface area contributed by atoms with Crippen LogP contribution >= 0.6 is 0 Å². The molecule has 0 aromatic heterocycles.